The van der Waals surface area contributed by atoms with E-state index in [4.69, 9.17) is 14.2 Å². The quantitative estimate of drug-likeness (QED) is 0.672. The van der Waals surface area contributed by atoms with E-state index in [0.29, 0.717) is 19.1 Å². The predicted octanol–water partition coefficient (Wildman–Crippen LogP) is 5.06. The zero-order chi connectivity index (χ0) is 19.4. The molecule has 1 aliphatic heterocycles. The number of hydrogen-bond acceptors (Lipinski definition) is 4. The van der Waals surface area contributed by atoms with Gasteiger partial charge in [-0.05, 0) is 63.5 Å². The van der Waals surface area contributed by atoms with Gasteiger partial charge in [0, 0.05) is 5.56 Å². The van der Waals surface area contributed by atoms with E-state index >= 15 is 0 Å². The normalized spacial score (nSPS) is 28.6. The van der Waals surface area contributed by atoms with Crippen LogP contribution in [0.1, 0.15) is 68.3 Å². The van der Waals surface area contributed by atoms with E-state index < -0.39 is 11.8 Å². The summed E-state index contributed by atoms with van der Waals surface area (Å²) in [5.74, 6) is 0.638. The topological polar surface area (TPSA) is 44.8 Å². The number of carbonyl (C=O) groups excluding carboxylic acids is 1. The molecule has 2 atom stereocenters. The lowest BCUT2D eigenvalue weighted by atomic mass is 9.78. The summed E-state index contributed by atoms with van der Waals surface area (Å²) in [6, 6.07) is 3.06. The van der Waals surface area contributed by atoms with Crippen molar-refractivity contribution in [3.63, 3.8) is 0 Å². The van der Waals surface area contributed by atoms with Crippen LogP contribution < -0.4 is 4.74 Å². The molecule has 0 spiro atoms. The molecule has 150 valence electrons. The molecular formula is C22H31FO4. The van der Waals surface area contributed by atoms with E-state index in [2.05, 4.69) is 6.92 Å². The van der Waals surface area contributed by atoms with E-state index in [1.54, 1.807) is 19.9 Å². The van der Waals surface area contributed by atoms with E-state index in [1.165, 1.54) is 31.7 Å². The van der Waals surface area contributed by atoms with Crippen LogP contribution in [0, 0.1) is 24.6 Å². The van der Waals surface area contributed by atoms with Gasteiger partial charge in [-0.15, -0.1) is 0 Å². The highest BCUT2D eigenvalue weighted by Gasteiger charge is 2.32. The molecule has 2 aliphatic rings. The van der Waals surface area contributed by atoms with Crippen LogP contribution in [0.25, 0.3) is 0 Å². The first-order valence-electron chi connectivity index (χ1n) is 10.2. The van der Waals surface area contributed by atoms with Gasteiger partial charge in [0.1, 0.15) is 6.10 Å². The number of halogens is 1. The fourth-order valence-corrected chi connectivity index (χ4v) is 4.23. The zero-order valence-corrected chi connectivity index (χ0v) is 16.6. The highest BCUT2D eigenvalue weighted by atomic mass is 19.1. The van der Waals surface area contributed by atoms with Crippen molar-refractivity contribution in [2.45, 2.75) is 71.5 Å². The van der Waals surface area contributed by atoms with Gasteiger partial charge in [-0.3, -0.25) is 0 Å². The molecule has 1 aliphatic carbocycles. The molecule has 5 heteroatoms. The second kappa shape index (κ2) is 9.05. The Hall–Kier alpha value is -1.62. The smallest absolute Gasteiger partial charge is 0.338 e. The predicted molar refractivity (Wildman–Crippen MR) is 102 cm³/mol. The van der Waals surface area contributed by atoms with Gasteiger partial charge in [0.25, 0.3) is 0 Å². The number of esters is 1. The lowest BCUT2D eigenvalue weighted by molar-refractivity contribution is -0.0916. The third-order valence-electron chi connectivity index (χ3n) is 6.00. The molecule has 1 saturated carbocycles. The monoisotopic (exact) mass is 378 g/mol. The van der Waals surface area contributed by atoms with Gasteiger partial charge in [-0.1, -0.05) is 19.8 Å². The van der Waals surface area contributed by atoms with Crippen molar-refractivity contribution in [1.29, 1.82) is 0 Å². The maximum Gasteiger partial charge on any atom is 0.338 e. The van der Waals surface area contributed by atoms with Gasteiger partial charge in [0.2, 0.25) is 0 Å². The van der Waals surface area contributed by atoms with Crippen molar-refractivity contribution < 1.29 is 23.4 Å². The molecule has 1 saturated heterocycles. The Morgan fingerprint density at radius 2 is 1.93 bits per heavy atom. The van der Waals surface area contributed by atoms with Gasteiger partial charge in [-0.2, -0.15) is 0 Å². The molecule has 0 radical (unpaired) electrons. The van der Waals surface area contributed by atoms with Crippen LogP contribution in [0.5, 0.6) is 5.75 Å². The number of carbonyl (C=O) groups is 1. The molecule has 1 aromatic carbocycles. The van der Waals surface area contributed by atoms with Crippen molar-refractivity contribution in [2.24, 2.45) is 11.8 Å². The summed E-state index contributed by atoms with van der Waals surface area (Å²) in [6.07, 6.45) is 6.80. The summed E-state index contributed by atoms with van der Waals surface area (Å²) < 4.78 is 31.2. The third-order valence-corrected chi connectivity index (χ3v) is 6.00. The van der Waals surface area contributed by atoms with Crippen LogP contribution in [0.3, 0.4) is 0 Å². The molecular weight excluding hydrogens is 347 g/mol. The summed E-state index contributed by atoms with van der Waals surface area (Å²) in [4.78, 5) is 12.5. The van der Waals surface area contributed by atoms with Gasteiger partial charge < -0.3 is 14.2 Å². The Labute approximate surface area is 161 Å². The molecule has 1 heterocycles. The fourth-order valence-electron chi connectivity index (χ4n) is 4.23. The number of hydrogen-bond donors (Lipinski definition) is 0. The molecule has 2 fully saturated rings. The van der Waals surface area contributed by atoms with Gasteiger partial charge in [0.15, 0.2) is 11.6 Å². The summed E-state index contributed by atoms with van der Waals surface area (Å²) in [5.41, 5.74) is 0.510. The first-order valence-corrected chi connectivity index (χ1v) is 10.2. The average Bonchev–Trinajstić information content (AvgIpc) is 2.67. The van der Waals surface area contributed by atoms with Crippen LogP contribution >= 0.6 is 0 Å². The zero-order valence-electron chi connectivity index (χ0n) is 16.6. The van der Waals surface area contributed by atoms with Crippen LogP contribution in [0.15, 0.2) is 12.1 Å². The Morgan fingerprint density at radius 3 is 2.56 bits per heavy atom. The molecule has 4 nitrogen and oxygen atoms in total. The Balaban J connectivity index is 1.53. The van der Waals surface area contributed by atoms with Gasteiger partial charge >= 0.3 is 5.97 Å². The molecule has 0 N–H and O–H groups in total. The third kappa shape index (κ3) is 4.81. The molecule has 2 unspecified atom stereocenters. The largest absolute Gasteiger partial charge is 0.491 e. The lowest BCUT2D eigenvalue weighted by Crippen LogP contribution is -2.38. The molecule has 0 bridgehead atoms. The standard InChI is InChI=1S/C22H31FO4/c1-4-25-20-12-10-18(15(3)21(20)23)22(24)27-17-9-11-19(26-13-17)16-7-5-14(2)6-8-16/h10,12,14,16-17,19H,4-9,11,13H2,1-3H3. The minimum absolute atomic E-state index is 0.164. The number of ether oxygens (including phenoxy) is 3. The molecule has 0 amide bonds. The highest BCUT2D eigenvalue weighted by Crippen LogP contribution is 2.35. The molecule has 3 rings (SSSR count). The maximum absolute atomic E-state index is 14.3. The maximum atomic E-state index is 14.3. The summed E-state index contributed by atoms with van der Waals surface area (Å²) in [7, 11) is 0. The van der Waals surface area contributed by atoms with Crippen LogP contribution in [-0.4, -0.2) is 31.4 Å². The molecule has 27 heavy (non-hydrogen) atoms. The number of benzene rings is 1. The summed E-state index contributed by atoms with van der Waals surface area (Å²) >= 11 is 0. The van der Waals surface area contributed by atoms with E-state index in [0.717, 1.165) is 18.8 Å². The van der Waals surface area contributed by atoms with Crippen molar-refractivity contribution in [3.05, 3.63) is 29.1 Å². The van der Waals surface area contributed by atoms with E-state index in [9.17, 15) is 9.18 Å². The van der Waals surface area contributed by atoms with Crippen molar-refractivity contribution in [2.75, 3.05) is 13.2 Å². The minimum Gasteiger partial charge on any atom is -0.491 e. The lowest BCUT2D eigenvalue weighted by Gasteiger charge is -2.37. The van der Waals surface area contributed by atoms with Crippen molar-refractivity contribution >= 4 is 5.97 Å². The van der Waals surface area contributed by atoms with Crippen LogP contribution in [0.4, 0.5) is 4.39 Å². The Kier molecular flexibility index (Phi) is 6.74. The SMILES string of the molecule is CCOc1ccc(C(=O)OC2CCC(C3CCC(C)CC3)OC2)c(C)c1F. The molecule has 1 aromatic rings. The second-order valence-corrected chi connectivity index (χ2v) is 7.98. The molecule has 0 aromatic heterocycles. The van der Waals surface area contributed by atoms with Gasteiger partial charge in [0.05, 0.1) is 24.9 Å². The summed E-state index contributed by atoms with van der Waals surface area (Å²) in [5, 5.41) is 0. The first-order chi connectivity index (χ1) is 13.0. The minimum atomic E-state index is -0.502. The van der Waals surface area contributed by atoms with E-state index in [-0.39, 0.29) is 29.1 Å². The Bertz CT molecular complexity index is 644. The van der Waals surface area contributed by atoms with E-state index in [1.807, 2.05) is 0 Å². The van der Waals surface area contributed by atoms with Crippen molar-refractivity contribution in [3.8, 4) is 5.75 Å². The summed E-state index contributed by atoms with van der Waals surface area (Å²) in [6.45, 7) is 6.49. The van der Waals surface area contributed by atoms with Crippen LogP contribution in [-0.2, 0) is 9.47 Å². The fraction of sp³-hybridized carbons (Fsp3) is 0.682. The number of rotatable bonds is 5. The van der Waals surface area contributed by atoms with Crippen molar-refractivity contribution in [1.82, 2.24) is 0 Å². The average molecular weight is 378 g/mol. The second-order valence-electron chi connectivity index (χ2n) is 7.98. The highest BCUT2D eigenvalue weighted by molar-refractivity contribution is 5.91. The first kappa shape index (κ1) is 20.1. The van der Waals surface area contributed by atoms with Crippen LogP contribution in [0.2, 0.25) is 0 Å². The Morgan fingerprint density at radius 1 is 1.19 bits per heavy atom. The van der Waals surface area contributed by atoms with Gasteiger partial charge in [-0.25, -0.2) is 9.18 Å².